The summed E-state index contributed by atoms with van der Waals surface area (Å²) >= 11 is 0. The lowest BCUT2D eigenvalue weighted by Crippen LogP contribution is -2.37. The van der Waals surface area contributed by atoms with Gasteiger partial charge in [-0.3, -0.25) is 4.79 Å². The lowest BCUT2D eigenvalue weighted by Gasteiger charge is -2.22. The average molecular weight is 381 g/mol. The highest BCUT2D eigenvalue weighted by Crippen LogP contribution is 2.22. The third-order valence-electron chi connectivity index (χ3n) is 5.09. The molecule has 144 valence electrons. The van der Waals surface area contributed by atoms with Gasteiger partial charge in [0.05, 0.1) is 10.8 Å². The molecular formula is C18H28N4O3S. The normalized spacial score (nSPS) is 23.3. The largest absolute Gasteiger partial charge is 0.326 e. The molecule has 0 aromatic heterocycles. The van der Waals surface area contributed by atoms with Crippen LogP contribution in [0.2, 0.25) is 0 Å². The Morgan fingerprint density at radius 1 is 1.19 bits per heavy atom. The summed E-state index contributed by atoms with van der Waals surface area (Å²) in [6.45, 7) is 4.26. The number of carbonyl (C=O) groups excluding carboxylic acids is 1. The topological polar surface area (TPSA) is 81.8 Å². The molecule has 2 saturated heterocycles. The molecule has 0 spiro atoms. The van der Waals surface area contributed by atoms with Gasteiger partial charge in [0, 0.05) is 31.9 Å². The van der Waals surface area contributed by atoms with E-state index in [-0.39, 0.29) is 16.7 Å². The predicted octanol–water partition coefficient (Wildman–Crippen LogP) is 0.951. The maximum Gasteiger partial charge on any atom is 0.243 e. The second-order valence-electron chi connectivity index (χ2n) is 7.12. The van der Waals surface area contributed by atoms with Gasteiger partial charge in [-0.15, -0.1) is 0 Å². The lowest BCUT2D eigenvalue weighted by atomic mass is 9.99. The van der Waals surface area contributed by atoms with Gasteiger partial charge < -0.3 is 15.5 Å². The van der Waals surface area contributed by atoms with Crippen molar-refractivity contribution in [1.82, 2.24) is 14.5 Å². The molecule has 2 aliphatic heterocycles. The van der Waals surface area contributed by atoms with E-state index in [1.165, 1.54) is 0 Å². The first-order chi connectivity index (χ1) is 12.5. The quantitative estimate of drug-likeness (QED) is 0.813. The Kier molecular flexibility index (Phi) is 6.29. The molecule has 7 nitrogen and oxygen atoms in total. The molecule has 8 heteroatoms. The van der Waals surface area contributed by atoms with Crippen molar-refractivity contribution in [3.63, 3.8) is 0 Å². The Labute approximate surface area is 155 Å². The fourth-order valence-electron chi connectivity index (χ4n) is 3.47. The van der Waals surface area contributed by atoms with Crippen molar-refractivity contribution in [3.8, 4) is 0 Å². The van der Waals surface area contributed by atoms with E-state index in [1.54, 1.807) is 28.6 Å². The minimum atomic E-state index is -3.55. The van der Waals surface area contributed by atoms with Crippen LogP contribution in [0.25, 0.3) is 0 Å². The van der Waals surface area contributed by atoms with Gasteiger partial charge >= 0.3 is 0 Å². The summed E-state index contributed by atoms with van der Waals surface area (Å²) < 4.78 is 27.5. The number of likely N-dealkylation sites (N-methyl/N-ethyl adjacent to an activating group) is 1. The number of benzene rings is 1. The van der Waals surface area contributed by atoms with Crippen molar-refractivity contribution in [2.45, 2.75) is 24.2 Å². The Balaban J connectivity index is 1.72. The van der Waals surface area contributed by atoms with Crippen LogP contribution in [-0.4, -0.2) is 69.8 Å². The van der Waals surface area contributed by atoms with E-state index in [4.69, 9.17) is 0 Å². The molecule has 1 aromatic rings. The first-order valence-electron chi connectivity index (χ1n) is 9.27. The molecule has 1 unspecified atom stereocenters. The van der Waals surface area contributed by atoms with Crippen LogP contribution in [0.15, 0.2) is 29.2 Å². The monoisotopic (exact) mass is 380 g/mol. The molecule has 0 saturated carbocycles. The van der Waals surface area contributed by atoms with Crippen molar-refractivity contribution in [3.05, 3.63) is 24.3 Å². The molecule has 1 aromatic carbocycles. The van der Waals surface area contributed by atoms with Crippen molar-refractivity contribution < 1.29 is 13.2 Å². The summed E-state index contributed by atoms with van der Waals surface area (Å²) in [5.41, 5.74) is 0.536. The van der Waals surface area contributed by atoms with Crippen molar-refractivity contribution in [1.29, 1.82) is 0 Å². The maximum absolute atomic E-state index is 13.0. The number of hydrogen-bond acceptors (Lipinski definition) is 5. The standard InChI is InChI=1S/C18H28N4O3S/c1-21-9-4-10-22(12-11-21)26(24,25)17-7-2-6-16(13-17)20-18(23)15-5-3-8-19-14-15/h2,6-7,13,15,19H,3-5,8-12,14H2,1H3,(H,20,23). The van der Waals surface area contributed by atoms with Crippen LogP contribution in [0.4, 0.5) is 5.69 Å². The minimum Gasteiger partial charge on any atom is -0.326 e. The summed E-state index contributed by atoms with van der Waals surface area (Å²) in [5, 5.41) is 6.10. The molecule has 1 amide bonds. The van der Waals surface area contributed by atoms with E-state index in [1.807, 2.05) is 7.05 Å². The van der Waals surface area contributed by atoms with E-state index >= 15 is 0 Å². The zero-order valence-corrected chi connectivity index (χ0v) is 16.1. The fraction of sp³-hybridized carbons (Fsp3) is 0.611. The third kappa shape index (κ3) is 4.62. The second kappa shape index (κ2) is 8.47. The van der Waals surface area contributed by atoms with E-state index in [2.05, 4.69) is 15.5 Å². The number of nitrogens with one attached hydrogen (secondary N) is 2. The predicted molar refractivity (Wildman–Crippen MR) is 102 cm³/mol. The van der Waals surface area contributed by atoms with E-state index in [0.29, 0.717) is 25.3 Å². The second-order valence-corrected chi connectivity index (χ2v) is 9.06. The van der Waals surface area contributed by atoms with E-state index in [9.17, 15) is 13.2 Å². The summed E-state index contributed by atoms with van der Waals surface area (Å²) in [5.74, 6) is -0.117. The molecule has 0 aliphatic carbocycles. The molecule has 3 rings (SSSR count). The van der Waals surface area contributed by atoms with Crippen LogP contribution in [-0.2, 0) is 14.8 Å². The van der Waals surface area contributed by atoms with Gasteiger partial charge in [0.15, 0.2) is 0 Å². The molecule has 2 N–H and O–H groups in total. The van der Waals surface area contributed by atoms with Gasteiger partial charge in [-0.2, -0.15) is 4.31 Å². The highest BCUT2D eigenvalue weighted by molar-refractivity contribution is 7.89. The highest BCUT2D eigenvalue weighted by atomic mass is 32.2. The fourth-order valence-corrected chi connectivity index (χ4v) is 4.98. The SMILES string of the molecule is CN1CCCN(S(=O)(=O)c2cccc(NC(=O)C3CCCNC3)c2)CC1. The van der Waals surface area contributed by atoms with Gasteiger partial charge in [-0.1, -0.05) is 6.07 Å². The molecule has 26 heavy (non-hydrogen) atoms. The molecular weight excluding hydrogens is 352 g/mol. The number of nitrogens with zero attached hydrogens (tertiary/aromatic N) is 2. The number of sulfonamides is 1. The van der Waals surface area contributed by atoms with Crippen LogP contribution in [0.5, 0.6) is 0 Å². The molecule has 2 fully saturated rings. The van der Waals surface area contributed by atoms with Crippen LogP contribution >= 0.6 is 0 Å². The number of hydrogen-bond donors (Lipinski definition) is 2. The maximum atomic E-state index is 13.0. The zero-order valence-electron chi connectivity index (χ0n) is 15.3. The summed E-state index contributed by atoms with van der Waals surface area (Å²) in [4.78, 5) is 14.8. The Morgan fingerprint density at radius 2 is 2.04 bits per heavy atom. The Morgan fingerprint density at radius 3 is 2.81 bits per heavy atom. The van der Waals surface area contributed by atoms with Gasteiger partial charge in [0.25, 0.3) is 0 Å². The first-order valence-corrected chi connectivity index (χ1v) is 10.7. The van der Waals surface area contributed by atoms with Gasteiger partial charge in [0.1, 0.15) is 0 Å². The molecule has 0 bridgehead atoms. The smallest absolute Gasteiger partial charge is 0.243 e. The number of rotatable bonds is 4. The zero-order chi connectivity index (χ0) is 18.6. The van der Waals surface area contributed by atoms with E-state index < -0.39 is 10.0 Å². The molecule has 2 heterocycles. The van der Waals surface area contributed by atoms with Gasteiger partial charge in [0.2, 0.25) is 15.9 Å². The van der Waals surface area contributed by atoms with Crippen LogP contribution in [0.1, 0.15) is 19.3 Å². The van der Waals surface area contributed by atoms with Crippen LogP contribution in [0, 0.1) is 5.92 Å². The number of carbonyl (C=O) groups is 1. The number of amides is 1. The van der Waals surface area contributed by atoms with Gasteiger partial charge in [-0.05, 0) is 57.6 Å². The third-order valence-corrected chi connectivity index (χ3v) is 6.98. The number of piperidine rings is 1. The van der Waals surface area contributed by atoms with Crippen LogP contribution in [0.3, 0.4) is 0 Å². The average Bonchev–Trinajstić information content (AvgIpc) is 2.87. The summed E-state index contributed by atoms with van der Waals surface area (Å²) in [6.07, 6.45) is 2.66. The van der Waals surface area contributed by atoms with Crippen molar-refractivity contribution in [2.75, 3.05) is 51.6 Å². The molecule has 1 atom stereocenters. The Hall–Kier alpha value is -1.48. The highest BCUT2D eigenvalue weighted by Gasteiger charge is 2.27. The van der Waals surface area contributed by atoms with Crippen LogP contribution < -0.4 is 10.6 Å². The summed E-state index contributed by atoms with van der Waals surface area (Å²) in [6, 6.07) is 6.59. The van der Waals surface area contributed by atoms with Gasteiger partial charge in [-0.25, -0.2) is 8.42 Å². The minimum absolute atomic E-state index is 0.0526. The van der Waals surface area contributed by atoms with E-state index in [0.717, 1.165) is 38.9 Å². The first kappa shape index (κ1) is 19.3. The Bertz CT molecular complexity index is 732. The number of anilines is 1. The van der Waals surface area contributed by atoms with Crippen molar-refractivity contribution in [2.24, 2.45) is 5.92 Å². The van der Waals surface area contributed by atoms with Crippen molar-refractivity contribution >= 4 is 21.6 Å². The summed E-state index contributed by atoms with van der Waals surface area (Å²) in [7, 11) is -1.54. The molecule has 2 aliphatic rings. The molecule has 0 radical (unpaired) electrons. The lowest BCUT2D eigenvalue weighted by molar-refractivity contribution is -0.120.